The molecule has 20 heteroatoms. The van der Waals surface area contributed by atoms with Crippen molar-refractivity contribution in [2.24, 2.45) is 0 Å². The molecule has 1 aromatic carbocycles. The quantitative estimate of drug-likeness (QED) is 0.261. The number of anilines is 6. The van der Waals surface area contributed by atoms with Crippen LogP contribution in [0.5, 0.6) is 5.88 Å². The maximum Gasteiger partial charge on any atom is 0.415 e. The van der Waals surface area contributed by atoms with Gasteiger partial charge in [-0.1, -0.05) is 6.07 Å². The number of aromatic nitrogens is 5. The number of piperazine rings is 1. The molecule has 0 radical (unpaired) electrons. The average Bonchev–Trinajstić information content (AvgIpc) is 3.24. The number of halogens is 1. The molecule has 63 heavy (non-hydrogen) atoms. The van der Waals surface area contributed by atoms with Gasteiger partial charge in [0, 0.05) is 82.3 Å². The van der Waals surface area contributed by atoms with E-state index in [-0.39, 0.29) is 37.1 Å². The number of carbonyl (C=O) groups is 4. The van der Waals surface area contributed by atoms with E-state index in [4.69, 9.17) is 14.5 Å². The maximum atomic E-state index is 15.5. The second-order valence-electron chi connectivity index (χ2n) is 17.3. The third kappa shape index (κ3) is 8.84. The van der Waals surface area contributed by atoms with Crippen LogP contribution in [0.25, 0.3) is 0 Å². The van der Waals surface area contributed by atoms with Crippen LogP contribution in [0.2, 0.25) is 0 Å². The number of carbonyl (C=O) groups excluding carboxylic acids is 4. The van der Waals surface area contributed by atoms with E-state index >= 15 is 4.39 Å². The number of fused-ring (bicyclic) bond motifs is 2. The number of ether oxygens (including phenoxy) is 2. The number of imide groups is 1. The van der Waals surface area contributed by atoms with E-state index in [0.29, 0.717) is 80.6 Å². The van der Waals surface area contributed by atoms with Gasteiger partial charge in [0.05, 0.1) is 55.2 Å². The molecule has 5 aliphatic heterocycles. The van der Waals surface area contributed by atoms with Crippen LogP contribution in [0, 0.1) is 12.7 Å². The normalized spacial score (nSPS) is 18.3. The number of urea groups is 1. The van der Waals surface area contributed by atoms with Gasteiger partial charge in [0.15, 0.2) is 0 Å². The molecule has 3 aromatic heterocycles. The number of rotatable bonds is 8. The lowest BCUT2D eigenvalue weighted by Crippen LogP contribution is -2.63. The first-order valence-corrected chi connectivity index (χ1v) is 21.2. The largest absolute Gasteiger partial charge is 0.474 e. The summed E-state index contributed by atoms with van der Waals surface area (Å²) in [5.74, 6) is 0.0564. The van der Waals surface area contributed by atoms with Crippen LogP contribution < -0.4 is 35.0 Å². The zero-order valence-corrected chi connectivity index (χ0v) is 35.8. The molecule has 0 saturated carbocycles. The lowest BCUT2D eigenvalue weighted by molar-refractivity contribution is -0.132. The minimum atomic E-state index is -0.652. The van der Waals surface area contributed by atoms with Crippen LogP contribution in [0.3, 0.4) is 0 Å². The standard InChI is InChI=1S/C43H50FN13O6/c1-26-34(22-45-38-37(26)56(15-16-62-38)42(61)63-43(2,3)4)54-9-7-28-19-46-39(50-33(28)25-54)49-29-6-5-27(32(44)18-29)17-36(59)53-13-11-52(12-14-53)31-23-55(24-31)30-20-47-40(48-21-30)57-10-8-35(58)51-41(57)60/h5-6,18-22,31H,7-17,23-25H2,1-4H3,(H,46,49,50)(H,51,58,60). The summed E-state index contributed by atoms with van der Waals surface area (Å²) in [5.41, 5.74) is 5.12. The van der Waals surface area contributed by atoms with Crippen molar-refractivity contribution in [1.82, 2.24) is 40.0 Å². The summed E-state index contributed by atoms with van der Waals surface area (Å²) in [6, 6.07) is 4.52. The van der Waals surface area contributed by atoms with Gasteiger partial charge in [0.25, 0.3) is 0 Å². The minimum absolute atomic E-state index is 0.0431. The molecule has 3 fully saturated rings. The van der Waals surface area contributed by atoms with Gasteiger partial charge >= 0.3 is 12.1 Å². The summed E-state index contributed by atoms with van der Waals surface area (Å²) in [6.07, 6.45) is 7.35. The lowest BCUT2D eigenvalue weighted by Gasteiger charge is -2.49. The molecule has 9 rings (SSSR count). The summed E-state index contributed by atoms with van der Waals surface area (Å²) in [7, 11) is 0. The third-order valence-electron chi connectivity index (χ3n) is 12.0. The highest BCUT2D eigenvalue weighted by molar-refractivity contribution is 6.04. The number of nitrogens with one attached hydrogen (secondary N) is 2. The predicted molar refractivity (Wildman–Crippen MR) is 230 cm³/mol. The molecule has 0 aliphatic carbocycles. The molecule has 8 heterocycles. The Morgan fingerprint density at radius 3 is 2.44 bits per heavy atom. The van der Waals surface area contributed by atoms with E-state index in [1.54, 1.807) is 46.7 Å². The van der Waals surface area contributed by atoms with Crippen LogP contribution >= 0.6 is 0 Å². The van der Waals surface area contributed by atoms with E-state index < -0.39 is 23.5 Å². The molecule has 19 nitrogen and oxygen atoms in total. The third-order valence-corrected chi connectivity index (χ3v) is 12.0. The minimum Gasteiger partial charge on any atom is -0.474 e. The van der Waals surface area contributed by atoms with Gasteiger partial charge < -0.3 is 29.5 Å². The second kappa shape index (κ2) is 16.9. The molecule has 3 saturated heterocycles. The first-order valence-electron chi connectivity index (χ1n) is 21.2. The second-order valence-corrected chi connectivity index (χ2v) is 17.3. The maximum absolute atomic E-state index is 15.5. The summed E-state index contributed by atoms with van der Waals surface area (Å²) >= 11 is 0. The van der Waals surface area contributed by atoms with Crippen molar-refractivity contribution in [2.45, 2.75) is 65.1 Å². The molecular weight excluding hydrogens is 814 g/mol. The number of pyridine rings is 1. The van der Waals surface area contributed by atoms with Crippen molar-refractivity contribution in [3.05, 3.63) is 71.2 Å². The van der Waals surface area contributed by atoms with Crippen LogP contribution in [0.15, 0.2) is 43.0 Å². The highest BCUT2D eigenvalue weighted by Gasteiger charge is 2.36. The molecule has 5 aliphatic rings. The topological polar surface area (TPSA) is 195 Å². The van der Waals surface area contributed by atoms with Crippen molar-refractivity contribution in [1.29, 1.82) is 0 Å². The Balaban J connectivity index is 0.761. The fourth-order valence-corrected chi connectivity index (χ4v) is 8.49. The molecule has 0 unspecified atom stereocenters. The summed E-state index contributed by atoms with van der Waals surface area (Å²) < 4.78 is 27.0. The van der Waals surface area contributed by atoms with Crippen molar-refractivity contribution < 1.29 is 33.0 Å². The first kappa shape index (κ1) is 41.6. The molecule has 0 bridgehead atoms. The summed E-state index contributed by atoms with van der Waals surface area (Å²) in [4.78, 5) is 84.1. The Labute approximate surface area is 363 Å². The van der Waals surface area contributed by atoms with Crippen molar-refractivity contribution in [3.8, 4) is 5.88 Å². The fraction of sp³-hybridized carbons (Fsp3) is 0.465. The van der Waals surface area contributed by atoms with Crippen LogP contribution in [-0.2, 0) is 33.7 Å². The van der Waals surface area contributed by atoms with Gasteiger partial charge in [-0.25, -0.2) is 38.9 Å². The fourth-order valence-electron chi connectivity index (χ4n) is 8.49. The zero-order valence-electron chi connectivity index (χ0n) is 35.8. The van der Waals surface area contributed by atoms with Gasteiger partial charge in [0.2, 0.25) is 29.6 Å². The predicted octanol–water partition coefficient (Wildman–Crippen LogP) is 3.57. The van der Waals surface area contributed by atoms with Gasteiger partial charge in [0.1, 0.15) is 23.7 Å². The van der Waals surface area contributed by atoms with E-state index in [9.17, 15) is 19.2 Å². The van der Waals surface area contributed by atoms with Crippen molar-refractivity contribution in [3.63, 3.8) is 0 Å². The van der Waals surface area contributed by atoms with Gasteiger partial charge in [-0.15, -0.1) is 0 Å². The first-order chi connectivity index (χ1) is 30.3. The monoisotopic (exact) mass is 863 g/mol. The van der Waals surface area contributed by atoms with Gasteiger partial charge in [-0.05, 0) is 57.4 Å². The highest BCUT2D eigenvalue weighted by Crippen LogP contribution is 2.40. The Morgan fingerprint density at radius 2 is 1.71 bits per heavy atom. The van der Waals surface area contributed by atoms with E-state index in [0.717, 1.165) is 54.4 Å². The molecule has 0 atom stereocenters. The number of benzene rings is 1. The number of nitrogens with zero attached hydrogens (tertiary/aromatic N) is 11. The molecular formula is C43H50FN13O6. The Hall–Kier alpha value is -6.70. The Kier molecular flexibility index (Phi) is 11.2. The average molecular weight is 864 g/mol. The highest BCUT2D eigenvalue weighted by atomic mass is 19.1. The Bertz CT molecular complexity index is 2440. The summed E-state index contributed by atoms with van der Waals surface area (Å²) in [5, 5.41) is 5.41. The molecule has 330 valence electrons. The van der Waals surface area contributed by atoms with Crippen molar-refractivity contribution >= 4 is 58.6 Å². The molecule has 0 spiro atoms. The SMILES string of the molecule is Cc1c(N2CCc3cnc(Nc4ccc(CC(=O)N5CCN(C6CN(c7cnc(N8CCC(=O)NC8=O)nc7)C6)CC5)c(F)c4)nc3C2)cnc2c1N(C(=O)OC(C)(C)C)CCO2. The zero-order chi connectivity index (χ0) is 44.0. The van der Waals surface area contributed by atoms with E-state index in [1.807, 2.05) is 27.7 Å². The van der Waals surface area contributed by atoms with Crippen molar-refractivity contribution in [2.75, 3.05) is 90.4 Å². The van der Waals surface area contributed by atoms with Crippen LogP contribution in [-0.4, -0.2) is 136 Å². The van der Waals surface area contributed by atoms with E-state index in [1.165, 1.54) is 11.0 Å². The smallest absolute Gasteiger partial charge is 0.415 e. The molecule has 5 amide bonds. The lowest BCUT2D eigenvalue weighted by atomic mass is 10.0. The molecule has 4 aromatic rings. The summed E-state index contributed by atoms with van der Waals surface area (Å²) in [6.45, 7) is 13.7. The number of hydrogen-bond acceptors (Lipinski definition) is 15. The van der Waals surface area contributed by atoms with Gasteiger partial charge in [-0.2, -0.15) is 0 Å². The number of hydrogen-bond donors (Lipinski definition) is 2. The van der Waals surface area contributed by atoms with E-state index in [2.05, 4.69) is 45.3 Å². The molecule has 2 N–H and O–H groups in total. The van der Waals surface area contributed by atoms with Gasteiger partial charge in [-0.3, -0.25) is 29.6 Å². The Morgan fingerprint density at radius 1 is 0.937 bits per heavy atom. The van der Waals surface area contributed by atoms with Crippen LogP contribution in [0.4, 0.5) is 48.6 Å². The number of amides is 5. The van der Waals surface area contributed by atoms with Crippen LogP contribution in [0.1, 0.15) is 49.6 Å².